The van der Waals surface area contributed by atoms with Gasteiger partial charge in [0.25, 0.3) is 0 Å². The molecule has 4 fully saturated rings. The number of Topliss-reactive ketones (excluding diaryl/α,β-unsaturated/α-hetero) is 1. The predicted molar refractivity (Wildman–Crippen MR) is 145 cm³/mol. The summed E-state index contributed by atoms with van der Waals surface area (Å²) in [7, 11) is 3.74. The number of hydrogen-bond acceptors (Lipinski definition) is 4. The largest absolute Gasteiger partial charge is 0.363 e. The fourth-order valence-corrected chi connectivity index (χ4v) is 8.47. The quantitative estimate of drug-likeness (QED) is 0.334. The summed E-state index contributed by atoms with van der Waals surface area (Å²) < 4.78 is 15.5. The van der Waals surface area contributed by atoms with Gasteiger partial charge in [-0.3, -0.25) is 14.2 Å². The number of hydrogen-bond donors (Lipinski definition) is 0. The van der Waals surface area contributed by atoms with Gasteiger partial charge in [0.2, 0.25) is 5.43 Å². The monoisotopic (exact) mass is 521 g/mol. The first-order chi connectivity index (χ1) is 17.6. The van der Waals surface area contributed by atoms with E-state index in [4.69, 9.17) is 16.6 Å². The van der Waals surface area contributed by atoms with Crippen LogP contribution in [0.5, 0.6) is 0 Å². The zero-order valence-electron chi connectivity index (χ0n) is 21.7. The molecule has 2 heterocycles. The molecule has 1 aromatic carbocycles. The van der Waals surface area contributed by atoms with Crippen molar-refractivity contribution in [1.29, 1.82) is 0 Å². The predicted octanol–water partition coefficient (Wildman–Crippen LogP) is 6.81. The minimum atomic E-state index is -0.455. The number of halogens is 2. The molecule has 37 heavy (non-hydrogen) atoms. The molecule has 4 aliphatic rings. The number of carbonyl (C=O) groups is 1. The summed E-state index contributed by atoms with van der Waals surface area (Å²) >= 11 is 6.45. The summed E-state index contributed by atoms with van der Waals surface area (Å²) in [5, 5.41) is 0.541. The standard InChI is InChI=1S/C30H33ClFN3O2/c1-4-29-11-18-9-19(12-29)14-30(13-18,17-29)15-25(36)22-16-35(24-7-5-20(32)10-23(24)31)28-21(27(22)37)6-8-26(33-28)34(2)3/h5-8,10,16,18-19H,4,9,11-15,17H2,1-3H3. The normalized spacial score (nSPS) is 28.1. The van der Waals surface area contributed by atoms with E-state index in [9.17, 15) is 14.0 Å². The molecule has 4 aliphatic carbocycles. The van der Waals surface area contributed by atoms with E-state index in [2.05, 4.69) is 6.92 Å². The number of benzene rings is 1. The van der Waals surface area contributed by atoms with Crippen LogP contribution in [-0.2, 0) is 0 Å². The topological polar surface area (TPSA) is 55.2 Å². The Hall–Kier alpha value is -2.73. The van der Waals surface area contributed by atoms with Crippen molar-refractivity contribution in [3.63, 3.8) is 0 Å². The third kappa shape index (κ3) is 4.08. The van der Waals surface area contributed by atoms with Crippen molar-refractivity contribution in [3.8, 4) is 5.69 Å². The molecule has 2 unspecified atom stereocenters. The summed E-state index contributed by atoms with van der Waals surface area (Å²) in [4.78, 5) is 34.2. The van der Waals surface area contributed by atoms with Crippen LogP contribution >= 0.6 is 11.6 Å². The van der Waals surface area contributed by atoms with Crippen molar-refractivity contribution in [2.45, 2.75) is 58.3 Å². The van der Waals surface area contributed by atoms with Gasteiger partial charge in [-0.25, -0.2) is 9.37 Å². The molecule has 0 saturated heterocycles. The van der Waals surface area contributed by atoms with Gasteiger partial charge >= 0.3 is 0 Å². The van der Waals surface area contributed by atoms with Crippen molar-refractivity contribution in [2.75, 3.05) is 19.0 Å². The van der Waals surface area contributed by atoms with Crippen LogP contribution in [0.25, 0.3) is 16.7 Å². The zero-order valence-corrected chi connectivity index (χ0v) is 22.4. The van der Waals surface area contributed by atoms with Crippen molar-refractivity contribution >= 4 is 34.2 Å². The minimum absolute atomic E-state index is 0.00997. The Morgan fingerprint density at radius 1 is 1.14 bits per heavy atom. The Morgan fingerprint density at radius 3 is 2.49 bits per heavy atom. The summed E-state index contributed by atoms with van der Waals surface area (Å²) in [5.41, 5.74) is 1.08. The lowest BCUT2D eigenvalue weighted by Crippen LogP contribution is -2.52. The minimum Gasteiger partial charge on any atom is -0.363 e. The van der Waals surface area contributed by atoms with Crippen molar-refractivity contribution in [3.05, 3.63) is 63.2 Å². The van der Waals surface area contributed by atoms with Crippen molar-refractivity contribution in [1.82, 2.24) is 9.55 Å². The van der Waals surface area contributed by atoms with Crippen molar-refractivity contribution < 1.29 is 9.18 Å². The molecule has 0 spiro atoms. The highest BCUT2D eigenvalue weighted by Crippen LogP contribution is 2.67. The number of nitrogens with zero attached hydrogens (tertiary/aromatic N) is 3. The molecule has 0 amide bonds. The van der Waals surface area contributed by atoms with Gasteiger partial charge < -0.3 is 4.90 Å². The molecule has 3 aromatic rings. The van der Waals surface area contributed by atoms with Gasteiger partial charge in [0.15, 0.2) is 11.4 Å². The number of rotatable bonds is 6. The molecule has 7 rings (SSSR count). The highest BCUT2D eigenvalue weighted by molar-refractivity contribution is 6.32. The van der Waals surface area contributed by atoms with Gasteiger partial charge in [-0.05, 0) is 91.5 Å². The summed E-state index contributed by atoms with van der Waals surface area (Å²) in [5.74, 6) is 1.51. The lowest BCUT2D eigenvalue weighted by molar-refractivity contribution is -0.110. The average Bonchev–Trinajstić information content (AvgIpc) is 2.83. The lowest BCUT2D eigenvalue weighted by Gasteiger charge is -2.62. The van der Waals surface area contributed by atoms with Crippen LogP contribution in [0.3, 0.4) is 0 Å². The zero-order chi connectivity index (χ0) is 26.1. The molecule has 0 radical (unpaired) electrons. The number of ketones is 1. The fourth-order valence-electron chi connectivity index (χ4n) is 8.21. The van der Waals surface area contributed by atoms with Gasteiger partial charge in [0.05, 0.1) is 21.7 Å². The Labute approximate surface area is 221 Å². The van der Waals surface area contributed by atoms with Gasteiger partial charge in [0.1, 0.15) is 11.6 Å². The number of carbonyl (C=O) groups excluding carboxylic acids is 1. The van der Waals surface area contributed by atoms with E-state index >= 15 is 0 Å². The van der Waals surface area contributed by atoms with Gasteiger partial charge in [-0.2, -0.15) is 0 Å². The second-order valence-corrected chi connectivity index (χ2v) is 12.6. The SMILES string of the molecule is CCC12CC3CC(C1)CC(CC(=O)c1cn(-c4ccc(F)cc4Cl)c4nc(N(C)C)ccc4c1=O)(C3)C2. The molecule has 2 atom stereocenters. The molecule has 5 nitrogen and oxygen atoms in total. The van der Waals surface area contributed by atoms with Gasteiger partial charge in [0, 0.05) is 26.7 Å². The van der Waals surface area contributed by atoms with Crippen LogP contribution in [0.2, 0.25) is 5.02 Å². The molecule has 0 aliphatic heterocycles. The van der Waals surface area contributed by atoms with E-state index in [1.807, 2.05) is 19.0 Å². The first-order valence-corrected chi connectivity index (χ1v) is 13.7. The maximum atomic E-state index is 13.9. The van der Waals surface area contributed by atoms with E-state index in [1.54, 1.807) is 29.0 Å². The smallest absolute Gasteiger partial charge is 0.201 e. The van der Waals surface area contributed by atoms with Crippen molar-refractivity contribution in [2.24, 2.45) is 22.7 Å². The van der Waals surface area contributed by atoms with E-state index in [1.165, 1.54) is 37.8 Å². The summed E-state index contributed by atoms with van der Waals surface area (Å²) in [6.07, 6.45) is 10.3. The molecular weight excluding hydrogens is 489 g/mol. The first-order valence-electron chi connectivity index (χ1n) is 13.3. The van der Waals surface area contributed by atoms with E-state index < -0.39 is 5.82 Å². The van der Waals surface area contributed by atoms with Crippen LogP contribution < -0.4 is 10.3 Å². The first kappa shape index (κ1) is 24.6. The highest BCUT2D eigenvalue weighted by Gasteiger charge is 2.57. The molecular formula is C30H33ClFN3O2. The second kappa shape index (κ2) is 8.65. The second-order valence-electron chi connectivity index (χ2n) is 12.2. The number of fused-ring (bicyclic) bond motifs is 1. The maximum Gasteiger partial charge on any atom is 0.201 e. The Bertz CT molecular complexity index is 1470. The molecule has 194 valence electrons. The number of aromatic nitrogens is 2. The lowest BCUT2D eigenvalue weighted by atomic mass is 9.43. The highest BCUT2D eigenvalue weighted by atomic mass is 35.5. The number of pyridine rings is 2. The Morgan fingerprint density at radius 2 is 1.84 bits per heavy atom. The van der Waals surface area contributed by atoms with E-state index in [0.717, 1.165) is 19.3 Å². The maximum absolute atomic E-state index is 13.9. The summed E-state index contributed by atoms with van der Waals surface area (Å²) in [6, 6.07) is 7.62. The van der Waals surface area contributed by atoms with Crippen LogP contribution in [-0.4, -0.2) is 29.4 Å². The van der Waals surface area contributed by atoms with E-state index in [0.29, 0.717) is 46.2 Å². The van der Waals surface area contributed by atoms with Crippen LogP contribution in [0.15, 0.2) is 41.3 Å². The molecule has 7 heteroatoms. The molecule has 2 aromatic heterocycles. The third-order valence-corrected chi connectivity index (χ3v) is 9.66. The van der Waals surface area contributed by atoms with Gasteiger partial charge in [-0.1, -0.05) is 24.9 Å². The van der Waals surface area contributed by atoms with Crippen LogP contribution in [0.1, 0.15) is 68.6 Å². The van der Waals surface area contributed by atoms with Crippen LogP contribution in [0.4, 0.5) is 10.2 Å². The fraction of sp³-hybridized carbons (Fsp3) is 0.500. The molecule has 0 N–H and O–H groups in total. The van der Waals surface area contributed by atoms with Crippen LogP contribution in [0, 0.1) is 28.5 Å². The third-order valence-electron chi connectivity index (χ3n) is 9.35. The van der Waals surface area contributed by atoms with Gasteiger partial charge in [-0.15, -0.1) is 0 Å². The summed E-state index contributed by atoms with van der Waals surface area (Å²) in [6.45, 7) is 2.30. The average molecular weight is 522 g/mol. The molecule has 4 bridgehead atoms. The molecule has 4 saturated carbocycles. The van der Waals surface area contributed by atoms with E-state index in [-0.39, 0.29) is 27.2 Å². The number of anilines is 1. The Kier molecular flexibility index (Phi) is 5.75. The Balaban J connectivity index is 1.46.